The van der Waals surface area contributed by atoms with Crippen LogP contribution in [0.1, 0.15) is 12.5 Å². The molecule has 1 rings (SSSR count). The van der Waals surface area contributed by atoms with E-state index in [0.717, 1.165) is 6.07 Å². The summed E-state index contributed by atoms with van der Waals surface area (Å²) in [5.74, 6) is -1.63. The maximum atomic E-state index is 13.4. The van der Waals surface area contributed by atoms with Crippen molar-refractivity contribution in [3.63, 3.8) is 0 Å². The Labute approximate surface area is 112 Å². The smallest absolute Gasteiger partial charge is 0.442 e. The predicted molar refractivity (Wildman–Crippen MR) is 64.2 cm³/mol. The van der Waals surface area contributed by atoms with Crippen molar-refractivity contribution in [2.24, 2.45) is 0 Å². The highest BCUT2D eigenvalue weighted by molar-refractivity contribution is 8.01. The number of halogens is 4. The molecule has 1 unspecified atom stereocenters. The Morgan fingerprint density at radius 1 is 1.37 bits per heavy atom. The molecule has 0 spiro atoms. The molecule has 0 N–H and O–H groups in total. The lowest BCUT2D eigenvalue weighted by atomic mass is 10.1. The van der Waals surface area contributed by atoms with E-state index in [4.69, 9.17) is 0 Å². The lowest BCUT2D eigenvalue weighted by Gasteiger charge is -2.17. The average molecular weight is 296 g/mol. The molecule has 7 heteroatoms. The Morgan fingerprint density at radius 2 is 2.00 bits per heavy atom. The number of alkyl halides is 3. The van der Waals surface area contributed by atoms with Crippen LogP contribution in [-0.4, -0.2) is 23.3 Å². The van der Waals surface area contributed by atoms with Crippen molar-refractivity contribution in [2.75, 3.05) is 6.61 Å². The maximum Gasteiger partial charge on any atom is 0.442 e. The quantitative estimate of drug-likeness (QED) is 0.614. The van der Waals surface area contributed by atoms with Gasteiger partial charge in [0.1, 0.15) is 11.1 Å². The number of hydrogen-bond donors (Lipinski definition) is 0. The normalized spacial score (nSPS) is 13.1. The second-order valence-corrected chi connectivity index (χ2v) is 4.87. The summed E-state index contributed by atoms with van der Waals surface area (Å²) in [5.41, 5.74) is -4.53. The van der Waals surface area contributed by atoms with Gasteiger partial charge in [-0.15, -0.1) is 0 Å². The van der Waals surface area contributed by atoms with Crippen LogP contribution in [0.4, 0.5) is 17.6 Å². The van der Waals surface area contributed by atoms with Gasteiger partial charge >= 0.3 is 11.5 Å². The summed E-state index contributed by atoms with van der Waals surface area (Å²) in [6, 6.07) is 5.41. The summed E-state index contributed by atoms with van der Waals surface area (Å²) in [6.45, 7) is 1.47. The third kappa shape index (κ3) is 5.50. The Kier molecular flexibility index (Phi) is 5.65. The van der Waals surface area contributed by atoms with Crippen LogP contribution in [0.3, 0.4) is 0 Å². The van der Waals surface area contributed by atoms with Crippen molar-refractivity contribution in [3.05, 3.63) is 35.6 Å². The number of hydrogen-bond acceptors (Lipinski definition) is 3. The lowest BCUT2D eigenvalue weighted by molar-refractivity contribution is -0.142. The topological polar surface area (TPSA) is 26.3 Å². The molecule has 0 aliphatic heterocycles. The fourth-order valence-corrected chi connectivity index (χ4v) is 2.18. The molecule has 19 heavy (non-hydrogen) atoms. The molecule has 0 fully saturated rings. The highest BCUT2D eigenvalue weighted by Gasteiger charge is 2.37. The van der Waals surface area contributed by atoms with E-state index in [-0.39, 0.29) is 18.6 Å². The van der Waals surface area contributed by atoms with Crippen molar-refractivity contribution >= 4 is 17.7 Å². The molecule has 0 amide bonds. The van der Waals surface area contributed by atoms with Crippen molar-refractivity contribution < 1.29 is 27.1 Å². The average Bonchev–Trinajstić information content (AvgIpc) is 2.29. The van der Waals surface area contributed by atoms with Gasteiger partial charge in [0.25, 0.3) is 0 Å². The van der Waals surface area contributed by atoms with Crippen molar-refractivity contribution in [2.45, 2.75) is 24.1 Å². The van der Waals surface area contributed by atoms with Crippen LogP contribution in [0, 0.1) is 5.82 Å². The predicted octanol–water partition coefficient (Wildman–Crippen LogP) is 3.55. The Hall–Kier alpha value is -1.24. The zero-order chi connectivity index (χ0) is 14.5. The Balaban J connectivity index is 2.85. The van der Waals surface area contributed by atoms with Crippen molar-refractivity contribution in [3.8, 4) is 0 Å². The van der Waals surface area contributed by atoms with Crippen LogP contribution in [0.25, 0.3) is 0 Å². The minimum absolute atomic E-state index is 0.0228. The van der Waals surface area contributed by atoms with Crippen LogP contribution < -0.4 is 0 Å². The van der Waals surface area contributed by atoms with Gasteiger partial charge in [-0.2, -0.15) is 13.2 Å². The second kappa shape index (κ2) is 6.79. The molecular formula is C12H12F4O2S. The van der Waals surface area contributed by atoms with E-state index in [2.05, 4.69) is 4.74 Å². The Morgan fingerprint density at radius 3 is 2.53 bits per heavy atom. The van der Waals surface area contributed by atoms with Crippen molar-refractivity contribution in [1.29, 1.82) is 0 Å². The SMILES string of the molecule is CCOC(=O)C(Cc1ccccc1F)SC(F)(F)F. The number of rotatable bonds is 5. The number of thioether (sulfide) groups is 1. The molecule has 0 saturated carbocycles. The first-order valence-electron chi connectivity index (χ1n) is 5.48. The number of esters is 1. The number of ether oxygens (including phenoxy) is 1. The van der Waals surface area contributed by atoms with Gasteiger partial charge in [0.05, 0.1) is 6.61 Å². The largest absolute Gasteiger partial charge is 0.465 e. The maximum absolute atomic E-state index is 13.4. The van der Waals surface area contributed by atoms with E-state index in [0.29, 0.717) is 0 Å². The zero-order valence-corrected chi connectivity index (χ0v) is 10.9. The van der Waals surface area contributed by atoms with Crippen molar-refractivity contribution in [1.82, 2.24) is 0 Å². The first kappa shape index (κ1) is 15.8. The van der Waals surface area contributed by atoms with E-state index in [1.54, 1.807) is 0 Å². The van der Waals surface area contributed by atoms with Crippen LogP contribution in [0.15, 0.2) is 24.3 Å². The van der Waals surface area contributed by atoms with E-state index >= 15 is 0 Å². The molecule has 106 valence electrons. The van der Waals surface area contributed by atoms with Gasteiger partial charge in [0, 0.05) is 0 Å². The van der Waals surface area contributed by atoms with E-state index in [9.17, 15) is 22.4 Å². The second-order valence-electron chi connectivity index (χ2n) is 3.60. The number of carbonyl (C=O) groups is 1. The third-order valence-electron chi connectivity index (χ3n) is 2.19. The zero-order valence-electron chi connectivity index (χ0n) is 10.0. The molecule has 0 saturated heterocycles. The first-order chi connectivity index (χ1) is 8.83. The van der Waals surface area contributed by atoms with Gasteiger partial charge in [0.15, 0.2) is 0 Å². The number of carbonyl (C=O) groups excluding carboxylic acids is 1. The molecule has 1 atom stereocenters. The van der Waals surface area contributed by atoms with Gasteiger partial charge in [-0.05, 0) is 36.7 Å². The van der Waals surface area contributed by atoms with E-state index < -0.39 is 34.3 Å². The summed E-state index contributed by atoms with van der Waals surface area (Å²) >= 11 is -0.488. The van der Waals surface area contributed by atoms with Gasteiger partial charge in [-0.1, -0.05) is 18.2 Å². The molecule has 0 aliphatic carbocycles. The van der Waals surface area contributed by atoms with E-state index in [1.807, 2.05) is 0 Å². The van der Waals surface area contributed by atoms with Gasteiger partial charge in [-0.3, -0.25) is 4.79 Å². The number of benzene rings is 1. The third-order valence-corrected chi connectivity index (χ3v) is 3.10. The highest BCUT2D eigenvalue weighted by Crippen LogP contribution is 2.36. The summed E-state index contributed by atoms with van der Waals surface area (Å²) in [7, 11) is 0. The first-order valence-corrected chi connectivity index (χ1v) is 6.36. The molecule has 0 bridgehead atoms. The molecule has 0 heterocycles. The summed E-state index contributed by atoms with van der Waals surface area (Å²) < 4.78 is 55.1. The molecule has 1 aromatic rings. The summed E-state index contributed by atoms with van der Waals surface area (Å²) in [4.78, 5) is 11.5. The minimum Gasteiger partial charge on any atom is -0.465 e. The molecule has 0 aliphatic rings. The monoisotopic (exact) mass is 296 g/mol. The molecular weight excluding hydrogens is 284 g/mol. The lowest BCUT2D eigenvalue weighted by Crippen LogP contribution is -2.26. The fourth-order valence-electron chi connectivity index (χ4n) is 1.43. The van der Waals surface area contributed by atoms with Gasteiger partial charge in [0.2, 0.25) is 0 Å². The summed E-state index contributed by atoms with van der Waals surface area (Å²) in [5, 5.41) is -1.50. The summed E-state index contributed by atoms with van der Waals surface area (Å²) in [6.07, 6.45) is -0.365. The fraction of sp³-hybridized carbons (Fsp3) is 0.417. The van der Waals surface area contributed by atoms with Crippen LogP contribution in [0.5, 0.6) is 0 Å². The van der Waals surface area contributed by atoms with Gasteiger partial charge in [-0.25, -0.2) is 4.39 Å². The van der Waals surface area contributed by atoms with E-state index in [1.165, 1.54) is 25.1 Å². The van der Waals surface area contributed by atoms with Crippen LogP contribution in [0.2, 0.25) is 0 Å². The minimum atomic E-state index is -4.58. The standard InChI is InChI=1S/C12H12F4O2S/c1-2-18-11(17)10(19-12(14,15)16)7-8-5-3-4-6-9(8)13/h3-6,10H,2,7H2,1H3. The molecule has 2 nitrogen and oxygen atoms in total. The van der Waals surface area contributed by atoms with Gasteiger partial charge < -0.3 is 4.74 Å². The Bertz CT molecular complexity index is 434. The highest BCUT2D eigenvalue weighted by atomic mass is 32.2. The van der Waals surface area contributed by atoms with Crippen LogP contribution >= 0.6 is 11.8 Å². The molecule has 1 aromatic carbocycles. The molecule has 0 radical (unpaired) electrons. The van der Waals surface area contributed by atoms with Crippen LogP contribution in [-0.2, 0) is 16.0 Å². The molecule has 0 aromatic heterocycles.